The number of nitrogens with two attached hydrogens (primary N) is 1. The lowest BCUT2D eigenvalue weighted by atomic mass is 10.3. The molecule has 1 aromatic heterocycles. The van der Waals surface area contributed by atoms with Gasteiger partial charge in [-0.25, -0.2) is 13.6 Å². The van der Waals surface area contributed by atoms with Crippen molar-refractivity contribution in [1.29, 1.82) is 0 Å². The summed E-state index contributed by atoms with van der Waals surface area (Å²) in [6.45, 7) is 1.02. The average molecular weight is 314 g/mol. The van der Waals surface area contributed by atoms with Crippen LogP contribution in [0.15, 0.2) is 14.1 Å². The zero-order valence-electron chi connectivity index (χ0n) is 7.47. The summed E-state index contributed by atoms with van der Waals surface area (Å²) >= 11 is 4.31. The maximum absolute atomic E-state index is 11.1. The zero-order valence-corrected chi connectivity index (χ0v) is 10.7. The molecule has 0 atom stereocenters. The molecule has 8 heteroatoms. The first-order chi connectivity index (χ1) is 6.98. The number of thiophene rings is 1. The molecule has 0 unspecified atom stereocenters. The zero-order chi connectivity index (χ0) is 11.1. The number of hydrogen-bond donors (Lipinski definition) is 1. The highest BCUT2D eigenvalue weighted by Gasteiger charge is 2.25. The predicted molar refractivity (Wildman–Crippen MR) is 58.0 cm³/mol. The molecule has 1 fully saturated rings. The Morgan fingerprint density at radius 3 is 2.53 bits per heavy atom. The minimum Gasteiger partial charge on any atom is -0.346 e. The van der Waals surface area contributed by atoms with Gasteiger partial charge in [-0.3, -0.25) is 0 Å². The van der Waals surface area contributed by atoms with E-state index in [9.17, 15) is 8.42 Å². The molecule has 0 radical (unpaired) electrons. The van der Waals surface area contributed by atoms with Gasteiger partial charge < -0.3 is 9.47 Å². The van der Waals surface area contributed by atoms with Crippen LogP contribution in [-0.2, 0) is 19.5 Å². The number of ether oxygens (including phenoxy) is 2. The lowest BCUT2D eigenvalue weighted by molar-refractivity contribution is -0.0443. The maximum Gasteiger partial charge on any atom is 0.247 e. The molecule has 2 rings (SSSR count). The third kappa shape index (κ3) is 2.40. The van der Waals surface area contributed by atoms with E-state index in [1.807, 2.05) is 0 Å². The lowest BCUT2D eigenvalue weighted by Crippen LogP contribution is -2.10. The molecule has 0 saturated carbocycles. The summed E-state index contributed by atoms with van der Waals surface area (Å²) in [6.07, 6.45) is -0.494. The van der Waals surface area contributed by atoms with Crippen molar-refractivity contribution in [3.8, 4) is 0 Å². The first-order valence-corrected chi connectivity index (χ1v) is 7.19. The van der Waals surface area contributed by atoms with Crippen molar-refractivity contribution in [3.05, 3.63) is 15.4 Å². The van der Waals surface area contributed by atoms with E-state index in [1.54, 1.807) is 0 Å². The molecule has 0 spiro atoms. The van der Waals surface area contributed by atoms with Gasteiger partial charge in [-0.1, -0.05) is 0 Å². The van der Waals surface area contributed by atoms with Crippen molar-refractivity contribution >= 4 is 37.3 Å². The van der Waals surface area contributed by atoms with E-state index in [1.165, 1.54) is 6.07 Å². The molecule has 2 heterocycles. The lowest BCUT2D eigenvalue weighted by Gasteiger charge is -2.06. The smallest absolute Gasteiger partial charge is 0.247 e. The molecule has 0 bridgehead atoms. The normalized spacial score (nSPS) is 18.5. The van der Waals surface area contributed by atoms with Gasteiger partial charge in [0.2, 0.25) is 10.0 Å². The molecule has 2 N–H and O–H groups in total. The minimum atomic E-state index is -3.66. The molecule has 1 aliphatic heterocycles. The molecular formula is C7H8BrNO4S2. The summed E-state index contributed by atoms with van der Waals surface area (Å²) in [4.78, 5) is 0. The predicted octanol–water partition coefficient (Wildman–Crippen LogP) is 1.20. The van der Waals surface area contributed by atoms with Crippen molar-refractivity contribution in [2.45, 2.75) is 10.5 Å². The van der Waals surface area contributed by atoms with Crippen LogP contribution in [0.3, 0.4) is 0 Å². The number of primary sulfonamides is 1. The Kier molecular flexibility index (Phi) is 3.15. The molecule has 15 heavy (non-hydrogen) atoms. The second kappa shape index (κ2) is 4.11. The average Bonchev–Trinajstić information content (AvgIpc) is 2.69. The van der Waals surface area contributed by atoms with Crippen molar-refractivity contribution in [1.82, 2.24) is 0 Å². The van der Waals surface area contributed by atoms with Crippen LogP contribution in [0.1, 0.15) is 11.9 Å². The van der Waals surface area contributed by atoms with Gasteiger partial charge in [0.05, 0.1) is 17.0 Å². The topological polar surface area (TPSA) is 78.6 Å². The van der Waals surface area contributed by atoms with Crippen LogP contribution >= 0.6 is 27.3 Å². The van der Waals surface area contributed by atoms with Crippen molar-refractivity contribution in [2.75, 3.05) is 13.2 Å². The van der Waals surface area contributed by atoms with Crippen LogP contribution in [0, 0.1) is 0 Å². The van der Waals surface area contributed by atoms with Gasteiger partial charge in [-0.05, 0) is 22.0 Å². The van der Waals surface area contributed by atoms with Gasteiger partial charge >= 0.3 is 0 Å². The molecule has 0 aromatic carbocycles. The molecule has 0 aliphatic carbocycles. The second-order valence-corrected chi connectivity index (χ2v) is 7.07. The van der Waals surface area contributed by atoms with Crippen LogP contribution in [0.25, 0.3) is 0 Å². The van der Waals surface area contributed by atoms with E-state index in [4.69, 9.17) is 14.6 Å². The Labute approximate surface area is 99.4 Å². The number of halogens is 1. The summed E-state index contributed by atoms with van der Waals surface area (Å²) in [5, 5.41) is 5.02. The highest BCUT2D eigenvalue weighted by atomic mass is 79.9. The fourth-order valence-corrected chi connectivity index (χ4v) is 3.99. The standard InChI is InChI=1S/C7H8BrNO4S2/c8-6-4(7-12-1-2-13-7)3-5(14-6)15(9,10)11/h3,7H,1-2H2,(H2,9,10,11). The van der Waals surface area contributed by atoms with E-state index >= 15 is 0 Å². The summed E-state index contributed by atoms with van der Waals surface area (Å²) in [7, 11) is -3.66. The largest absolute Gasteiger partial charge is 0.346 e. The van der Waals surface area contributed by atoms with Crippen LogP contribution in [0.5, 0.6) is 0 Å². The molecule has 84 valence electrons. The first kappa shape index (κ1) is 11.5. The highest BCUT2D eigenvalue weighted by Crippen LogP contribution is 2.37. The summed E-state index contributed by atoms with van der Waals surface area (Å²) in [5.41, 5.74) is 0.668. The molecule has 1 aliphatic rings. The molecule has 1 saturated heterocycles. The summed E-state index contributed by atoms with van der Waals surface area (Å²) < 4.78 is 33.5. The van der Waals surface area contributed by atoms with E-state index in [0.717, 1.165) is 11.3 Å². The fraction of sp³-hybridized carbons (Fsp3) is 0.429. The highest BCUT2D eigenvalue weighted by molar-refractivity contribution is 9.11. The Morgan fingerprint density at radius 2 is 2.07 bits per heavy atom. The van der Waals surface area contributed by atoms with Crippen molar-refractivity contribution < 1.29 is 17.9 Å². The monoisotopic (exact) mass is 313 g/mol. The van der Waals surface area contributed by atoms with E-state index in [0.29, 0.717) is 22.6 Å². The third-order valence-electron chi connectivity index (χ3n) is 1.85. The van der Waals surface area contributed by atoms with Crippen LogP contribution in [0.2, 0.25) is 0 Å². The molecular weight excluding hydrogens is 306 g/mol. The molecule has 1 aromatic rings. The van der Waals surface area contributed by atoms with E-state index in [-0.39, 0.29) is 4.21 Å². The molecule has 5 nitrogen and oxygen atoms in total. The second-order valence-electron chi connectivity index (χ2n) is 2.91. The van der Waals surface area contributed by atoms with Crippen LogP contribution in [-0.4, -0.2) is 21.6 Å². The quantitative estimate of drug-likeness (QED) is 0.890. The van der Waals surface area contributed by atoms with Crippen LogP contribution in [0.4, 0.5) is 0 Å². The number of rotatable bonds is 2. The Hall–Kier alpha value is 0.01000. The van der Waals surface area contributed by atoms with Gasteiger partial charge in [-0.2, -0.15) is 0 Å². The van der Waals surface area contributed by atoms with Gasteiger partial charge in [0.15, 0.2) is 6.29 Å². The molecule has 0 amide bonds. The van der Waals surface area contributed by atoms with Crippen molar-refractivity contribution in [2.24, 2.45) is 5.14 Å². The SMILES string of the molecule is NS(=O)(=O)c1cc(C2OCCO2)c(Br)s1. The Balaban J connectivity index is 2.37. The number of sulfonamides is 1. The van der Waals surface area contributed by atoms with Crippen LogP contribution < -0.4 is 5.14 Å². The van der Waals surface area contributed by atoms with Gasteiger partial charge in [0.1, 0.15) is 4.21 Å². The van der Waals surface area contributed by atoms with Gasteiger partial charge in [0, 0.05) is 5.56 Å². The fourth-order valence-electron chi connectivity index (χ4n) is 1.20. The maximum atomic E-state index is 11.1. The Bertz CT molecular complexity index is 463. The van der Waals surface area contributed by atoms with E-state index < -0.39 is 16.3 Å². The van der Waals surface area contributed by atoms with Crippen molar-refractivity contribution in [3.63, 3.8) is 0 Å². The van der Waals surface area contributed by atoms with Gasteiger partial charge in [-0.15, -0.1) is 11.3 Å². The number of hydrogen-bond acceptors (Lipinski definition) is 5. The van der Waals surface area contributed by atoms with Gasteiger partial charge in [0.25, 0.3) is 0 Å². The third-order valence-corrected chi connectivity index (χ3v) is 5.15. The van der Waals surface area contributed by atoms with E-state index in [2.05, 4.69) is 15.9 Å². The first-order valence-electron chi connectivity index (χ1n) is 4.04. The minimum absolute atomic E-state index is 0.100. The summed E-state index contributed by atoms with van der Waals surface area (Å²) in [6, 6.07) is 1.47. The summed E-state index contributed by atoms with van der Waals surface area (Å²) in [5.74, 6) is 0. The Morgan fingerprint density at radius 1 is 1.47 bits per heavy atom.